The number of piperidine rings is 1. The lowest BCUT2D eigenvalue weighted by molar-refractivity contribution is -0.192. The van der Waals surface area contributed by atoms with Crippen LogP contribution in [0.25, 0.3) is 16.9 Å². The summed E-state index contributed by atoms with van der Waals surface area (Å²) in [4.78, 5) is 15.9. The third-order valence-electron chi connectivity index (χ3n) is 6.60. The highest BCUT2D eigenvalue weighted by molar-refractivity contribution is 5.83. The zero-order valence-corrected chi connectivity index (χ0v) is 20.0. The van der Waals surface area contributed by atoms with Crippen molar-refractivity contribution in [3.8, 4) is 5.95 Å². The third kappa shape index (κ3) is 5.90. The summed E-state index contributed by atoms with van der Waals surface area (Å²) < 4.78 is 72.4. The minimum absolute atomic E-state index is 0.0496. The molecule has 37 heavy (non-hydrogen) atoms. The van der Waals surface area contributed by atoms with Crippen LogP contribution in [-0.2, 0) is 16.0 Å². The second-order valence-corrected chi connectivity index (χ2v) is 8.86. The van der Waals surface area contributed by atoms with Crippen molar-refractivity contribution in [1.29, 1.82) is 0 Å². The van der Waals surface area contributed by atoms with Gasteiger partial charge in [0.15, 0.2) is 11.6 Å². The summed E-state index contributed by atoms with van der Waals surface area (Å²) in [6.45, 7) is 5.56. The topological polar surface area (TPSA) is 107 Å². The Hall–Kier alpha value is -3.13. The van der Waals surface area contributed by atoms with Gasteiger partial charge in [0.05, 0.1) is 5.69 Å². The molecule has 4 heterocycles. The first-order valence-electron chi connectivity index (χ1n) is 11.9. The highest BCUT2D eigenvalue weighted by Crippen LogP contribution is 2.31. The van der Waals surface area contributed by atoms with Crippen LogP contribution < -0.4 is 0 Å². The van der Waals surface area contributed by atoms with Gasteiger partial charge >= 0.3 is 12.1 Å². The van der Waals surface area contributed by atoms with Crippen LogP contribution in [-0.4, -0.2) is 74.4 Å². The van der Waals surface area contributed by atoms with Gasteiger partial charge in [-0.15, -0.1) is 0 Å². The van der Waals surface area contributed by atoms with Gasteiger partial charge in [0.1, 0.15) is 5.52 Å². The number of fused-ring (bicyclic) bond motifs is 1. The lowest BCUT2D eigenvalue weighted by Gasteiger charge is -2.38. The van der Waals surface area contributed by atoms with Crippen molar-refractivity contribution in [3.05, 3.63) is 35.4 Å². The molecule has 2 aromatic heterocycles. The Kier molecular flexibility index (Phi) is 8.07. The van der Waals surface area contributed by atoms with Crippen molar-refractivity contribution in [1.82, 2.24) is 24.8 Å². The van der Waals surface area contributed by atoms with Gasteiger partial charge in [-0.25, -0.2) is 13.6 Å². The smallest absolute Gasteiger partial charge is 0.475 e. The number of halogens is 5. The summed E-state index contributed by atoms with van der Waals surface area (Å²) in [5.74, 6) is -3.78. The number of hydrogen-bond acceptors (Lipinski definition) is 7. The van der Waals surface area contributed by atoms with Crippen molar-refractivity contribution >= 4 is 16.9 Å². The number of nitrogens with zero attached hydrogens (tertiary/aromatic N) is 5. The van der Waals surface area contributed by atoms with Crippen molar-refractivity contribution in [2.75, 3.05) is 26.3 Å². The minimum atomic E-state index is -5.08. The SMILES string of the molecule is CCc1nn(-c2noc(C3CCN(C4CCOCC4)CC3)n2)c2c(F)c(F)ccc12.O=C(O)C(F)(F)F. The molecule has 0 aliphatic carbocycles. The molecule has 0 amide bonds. The van der Waals surface area contributed by atoms with E-state index in [2.05, 4.69) is 20.1 Å². The largest absolute Gasteiger partial charge is 0.490 e. The van der Waals surface area contributed by atoms with E-state index in [0.717, 1.165) is 58.1 Å². The number of aromatic nitrogens is 4. The molecular formula is C23H26F5N5O4. The van der Waals surface area contributed by atoms with Crippen molar-refractivity contribution in [2.45, 2.75) is 57.2 Å². The number of carbonyl (C=O) groups is 1. The van der Waals surface area contributed by atoms with E-state index in [0.29, 0.717) is 29.4 Å². The zero-order valence-electron chi connectivity index (χ0n) is 20.0. The molecule has 0 saturated carbocycles. The number of carboxylic acid groups (broad SMARTS) is 1. The molecule has 0 bridgehead atoms. The van der Waals surface area contributed by atoms with E-state index in [1.54, 1.807) is 6.07 Å². The number of rotatable bonds is 4. The van der Waals surface area contributed by atoms with E-state index in [-0.39, 0.29) is 17.4 Å². The average Bonchev–Trinajstić information content (AvgIpc) is 3.52. The van der Waals surface area contributed by atoms with E-state index in [1.165, 1.54) is 4.68 Å². The molecule has 2 saturated heterocycles. The Balaban J connectivity index is 0.000000405. The first-order chi connectivity index (χ1) is 17.6. The highest BCUT2D eigenvalue weighted by Gasteiger charge is 2.38. The second kappa shape index (κ2) is 11.1. The number of aryl methyl sites for hydroxylation is 1. The van der Waals surface area contributed by atoms with Crippen LogP contribution in [0.4, 0.5) is 22.0 Å². The number of alkyl halides is 3. The maximum Gasteiger partial charge on any atom is 0.490 e. The predicted molar refractivity (Wildman–Crippen MR) is 119 cm³/mol. The van der Waals surface area contributed by atoms with Gasteiger partial charge < -0.3 is 19.3 Å². The van der Waals surface area contributed by atoms with Gasteiger partial charge in [-0.2, -0.15) is 27.9 Å². The van der Waals surface area contributed by atoms with Gasteiger partial charge in [0.2, 0.25) is 5.89 Å². The first-order valence-corrected chi connectivity index (χ1v) is 11.9. The lowest BCUT2D eigenvalue weighted by Crippen LogP contribution is -2.43. The van der Waals surface area contributed by atoms with Crippen LogP contribution in [0.15, 0.2) is 16.7 Å². The lowest BCUT2D eigenvalue weighted by atomic mass is 9.94. The Morgan fingerprint density at radius 1 is 1.14 bits per heavy atom. The van der Waals surface area contributed by atoms with E-state index < -0.39 is 23.8 Å². The van der Waals surface area contributed by atoms with E-state index >= 15 is 0 Å². The maximum atomic E-state index is 14.5. The van der Waals surface area contributed by atoms with E-state index in [9.17, 15) is 22.0 Å². The molecule has 3 aromatic rings. The summed E-state index contributed by atoms with van der Waals surface area (Å²) in [5.41, 5.74) is 0.716. The van der Waals surface area contributed by atoms with Crippen LogP contribution >= 0.6 is 0 Å². The van der Waals surface area contributed by atoms with Gasteiger partial charge in [0.25, 0.3) is 5.95 Å². The summed E-state index contributed by atoms with van der Waals surface area (Å²) >= 11 is 0. The monoisotopic (exact) mass is 531 g/mol. The van der Waals surface area contributed by atoms with Crippen LogP contribution in [0.5, 0.6) is 0 Å². The zero-order chi connectivity index (χ0) is 26.7. The van der Waals surface area contributed by atoms with Crippen LogP contribution in [0.1, 0.15) is 50.1 Å². The molecule has 202 valence electrons. The molecule has 2 aliphatic heterocycles. The summed E-state index contributed by atoms with van der Waals surface area (Å²) in [5, 5.41) is 16.1. The summed E-state index contributed by atoms with van der Waals surface area (Å²) in [6.07, 6.45) is -0.457. The molecule has 0 spiro atoms. The minimum Gasteiger partial charge on any atom is -0.475 e. The highest BCUT2D eigenvalue weighted by atomic mass is 19.4. The Morgan fingerprint density at radius 2 is 1.78 bits per heavy atom. The Labute approximate surface area is 208 Å². The average molecular weight is 531 g/mol. The molecule has 2 fully saturated rings. The first kappa shape index (κ1) is 26.9. The van der Waals surface area contributed by atoms with E-state index in [4.69, 9.17) is 19.2 Å². The fourth-order valence-electron chi connectivity index (χ4n) is 4.65. The summed E-state index contributed by atoms with van der Waals surface area (Å²) in [6, 6.07) is 3.26. The van der Waals surface area contributed by atoms with Crippen LogP contribution in [0.2, 0.25) is 0 Å². The van der Waals surface area contributed by atoms with Crippen molar-refractivity contribution in [3.63, 3.8) is 0 Å². The predicted octanol–water partition coefficient (Wildman–Crippen LogP) is 4.24. The molecule has 9 nitrogen and oxygen atoms in total. The molecular weight excluding hydrogens is 505 g/mol. The number of likely N-dealkylation sites (tertiary alicyclic amines) is 1. The molecule has 0 radical (unpaired) electrons. The van der Waals surface area contributed by atoms with Gasteiger partial charge in [-0.3, -0.25) is 0 Å². The van der Waals surface area contributed by atoms with Crippen molar-refractivity contribution < 1.29 is 41.1 Å². The molecule has 14 heteroatoms. The van der Waals surface area contributed by atoms with Gasteiger partial charge in [-0.05, 0) is 62.5 Å². The van der Waals surface area contributed by atoms with Gasteiger partial charge in [-0.1, -0.05) is 6.92 Å². The number of ether oxygens (including phenoxy) is 1. The fourth-order valence-corrected chi connectivity index (χ4v) is 4.65. The number of aliphatic carboxylic acids is 1. The number of hydrogen-bond donors (Lipinski definition) is 1. The second-order valence-electron chi connectivity index (χ2n) is 8.86. The van der Waals surface area contributed by atoms with Crippen LogP contribution in [0, 0.1) is 11.6 Å². The molecule has 0 unspecified atom stereocenters. The van der Waals surface area contributed by atoms with Crippen LogP contribution in [0.3, 0.4) is 0 Å². The number of carboxylic acids is 1. The Bertz CT molecular complexity index is 1230. The summed E-state index contributed by atoms with van der Waals surface area (Å²) in [7, 11) is 0. The molecule has 5 rings (SSSR count). The molecule has 2 aliphatic rings. The fraction of sp³-hybridized carbons (Fsp3) is 0.565. The Morgan fingerprint density at radius 3 is 2.38 bits per heavy atom. The van der Waals surface area contributed by atoms with Gasteiger partial charge in [0, 0.05) is 30.6 Å². The third-order valence-corrected chi connectivity index (χ3v) is 6.60. The molecule has 1 N–H and O–H groups in total. The van der Waals surface area contributed by atoms with Crippen molar-refractivity contribution in [2.24, 2.45) is 0 Å². The molecule has 0 atom stereocenters. The number of benzene rings is 1. The quantitative estimate of drug-likeness (QED) is 0.499. The normalized spacial score (nSPS) is 18.1. The maximum absolute atomic E-state index is 14.5. The standard InChI is InChI=1S/C21H25F2N5O2.C2HF3O2/c1-2-17-15-3-4-16(22)18(23)19(15)28(25-17)21-24-20(30-26-21)13-5-9-27(10-6-13)14-7-11-29-12-8-14;3-2(4,5)1(6)7/h3-4,13-14H,2,5-12H2,1H3;(H,6,7). The van der Waals surface area contributed by atoms with E-state index in [1.807, 2.05) is 6.92 Å². The molecule has 1 aromatic carbocycles.